The van der Waals surface area contributed by atoms with Crippen molar-refractivity contribution in [3.05, 3.63) is 58.6 Å². The average molecular weight is 410 g/mol. The number of rotatable bonds is 4. The van der Waals surface area contributed by atoms with Gasteiger partial charge in [-0.25, -0.2) is 4.79 Å². The van der Waals surface area contributed by atoms with Gasteiger partial charge in [0.2, 0.25) is 0 Å². The van der Waals surface area contributed by atoms with Crippen LogP contribution >= 0.6 is 11.3 Å². The number of hydrogen-bond acceptors (Lipinski definition) is 6. The van der Waals surface area contributed by atoms with Gasteiger partial charge in [0, 0.05) is 12.4 Å². The molecule has 7 nitrogen and oxygen atoms in total. The molecule has 148 valence electrons. The van der Waals surface area contributed by atoms with Gasteiger partial charge in [-0.05, 0) is 37.3 Å². The van der Waals surface area contributed by atoms with Crippen LogP contribution < -0.4 is 9.54 Å². The molecule has 2 aromatic carbocycles. The van der Waals surface area contributed by atoms with Crippen molar-refractivity contribution in [1.82, 2.24) is 4.57 Å². The van der Waals surface area contributed by atoms with Crippen molar-refractivity contribution in [3.8, 4) is 5.75 Å². The lowest BCUT2D eigenvalue weighted by Gasteiger charge is -2.01. The maximum absolute atomic E-state index is 12.7. The smallest absolute Gasteiger partial charge is 0.338 e. The lowest BCUT2D eigenvalue weighted by Crippen LogP contribution is -2.13. The highest BCUT2D eigenvalue weighted by atomic mass is 32.1. The van der Waals surface area contributed by atoms with Crippen molar-refractivity contribution < 1.29 is 23.5 Å². The molecule has 1 amide bonds. The predicted octanol–water partition coefficient (Wildman–Crippen LogP) is 3.91. The monoisotopic (exact) mass is 410 g/mol. The third-order valence-corrected chi connectivity index (χ3v) is 5.55. The molecule has 0 aliphatic heterocycles. The molecular weight excluding hydrogens is 392 g/mol. The van der Waals surface area contributed by atoms with Gasteiger partial charge in [0.25, 0.3) is 0 Å². The summed E-state index contributed by atoms with van der Waals surface area (Å²) in [6.07, 6.45) is 0. The summed E-state index contributed by atoms with van der Waals surface area (Å²) in [4.78, 5) is 29.4. The molecule has 0 fully saturated rings. The van der Waals surface area contributed by atoms with Crippen LogP contribution in [0.25, 0.3) is 21.2 Å². The van der Waals surface area contributed by atoms with Crippen LogP contribution in [0.4, 0.5) is 0 Å². The van der Waals surface area contributed by atoms with Gasteiger partial charge in [-0.2, -0.15) is 4.99 Å². The second kappa shape index (κ2) is 7.56. The van der Waals surface area contributed by atoms with Gasteiger partial charge in [0.05, 0.1) is 29.5 Å². The number of esters is 1. The van der Waals surface area contributed by atoms with Crippen LogP contribution in [0.1, 0.15) is 27.8 Å². The first kappa shape index (κ1) is 18.9. The lowest BCUT2D eigenvalue weighted by atomic mass is 10.2. The summed E-state index contributed by atoms with van der Waals surface area (Å²) in [6.45, 7) is 2.07. The molecular formula is C21H18N2O5S. The largest absolute Gasteiger partial charge is 0.493 e. The summed E-state index contributed by atoms with van der Waals surface area (Å²) in [7, 11) is 3.36. The van der Waals surface area contributed by atoms with Gasteiger partial charge in [-0.15, -0.1) is 0 Å². The minimum absolute atomic E-state index is 0.133. The summed E-state index contributed by atoms with van der Waals surface area (Å²) in [5, 5.41) is 0.766. The summed E-state index contributed by atoms with van der Waals surface area (Å²) < 4.78 is 18.6. The first-order valence-corrected chi connectivity index (χ1v) is 9.75. The van der Waals surface area contributed by atoms with Crippen molar-refractivity contribution in [2.75, 3.05) is 13.7 Å². The highest BCUT2D eigenvalue weighted by molar-refractivity contribution is 7.16. The van der Waals surface area contributed by atoms with E-state index in [0.717, 1.165) is 15.6 Å². The Morgan fingerprint density at radius 2 is 2.03 bits per heavy atom. The maximum atomic E-state index is 12.7. The van der Waals surface area contributed by atoms with Crippen molar-refractivity contribution in [1.29, 1.82) is 0 Å². The van der Waals surface area contributed by atoms with Gasteiger partial charge in [-0.1, -0.05) is 23.5 Å². The minimum atomic E-state index is -0.490. The van der Waals surface area contributed by atoms with Gasteiger partial charge in [0.15, 0.2) is 21.9 Å². The Bertz CT molecular complexity index is 1310. The third-order valence-electron chi connectivity index (χ3n) is 4.46. The number of methoxy groups -OCH3 is 1. The highest BCUT2D eigenvalue weighted by Crippen LogP contribution is 2.28. The van der Waals surface area contributed by atoms with E-state index in [9.17, 15) is 9.59 Å². The van der Waals surface area contributed by atoms with E-state index in [1.807, 2.05) is 25.2 Å². The molecule has 8 heteroatoms. The normalized spacial score (nSPS) is 11.9. The van der Waals surface area contributed by atoms with Crippen LogP contribution in [0.2, 0.25) is 0 Å². The number of amides is 1. The van der Waals surface area contributed by atoms with E-state index >= 15 is 0 Å². The average Bonchev–Trinajstić information content (AvgIpc) is 3.29. The third kappa shape index (κ3) is 3.42. The number of fused-ring (bicyclic) bond motifs is 2. The molecule has 0 N–H and O–H groups in total. The van der Waals surface area contributed by atoms with E-state index in [0.29, 0.717) is 28.3 Å². The zero-order chi connectivity index (χ0) is 20.5. The van der Waals surface area contributed by atoms with Crippen molar-refractivity contribution in [3.63, 3.8) is 0 Å². The van der Waals surface area contributed by atoms with E-state index in [-0.39, 0.29) is 11.7 Å². The number of aryl methyl sites for hydroxylation is 1. The molecule has 0 bridgehead atoms. The van der Waals surface area contributed by atoms with Crippen LogP contribution in [-0.2, 0) is 11.8 Å². The van der Waals surface area contributed by atoms with E-state index in [2.05, 4.69) is 4.99 Å². The van der Waals surface area contributed by atoms with Crippen LogP contribution in [0.3, 0.4) is 0 Å². The van der Waals surface area contributed by atoms with Gasteiger partial charge in [0.1, 0.15) is 0 Å². The first-order chi connectivity index (χ1) is 14.0. The molecule has 0 atom stereocenters. The van der Waals surface area contributed by atoms with E-state index in [1.54, 1.807) is 42.9 Å². The Balaban J connectivity index is 1.74. The summed E-state index contributed by atoms with van der Waals surface area (Å²) >= 11 is 1.31. The molecule has 0 saturated carbocycles. The Kier molecular flexibility index (Phi) is 4.94. The molecule has 0 unspecified atom stereocenters. The number of para-hydroxylation sites is 1. The number of thiazole rings is 1. The predicted molar refractivity (Wildman–Crippen MR) is 109 cm³/mol. The highest BCUT2D eigenvalue weighted by Gasteiger charge is 2.15. The Hall–Kier alpha value is -3.39. The molecule has 0 saturated heterocycles. The lowest BCUT2D eigenvalue weighted by molar-refractivity contribution is 0.0526. The van der Waals surface area contributed by atoms with Gasteiger partial charge < -0.3 is 18.5 Å². The van der Waals surface area contributed by atoms with Gasteiger partial charge in [-0.3, -0.25) is 4.79 Å². The quantitative estimate of drug-likeness (QED) is 0.476. The number of nitrogens with zero attached hydrogens (tertiary/aromatic N) is 2. The second-order valence-electron chi connectivity index (χ2n) is 6.25. The molecule has 0 aliphatic carbocycles. The molecule has 0 spiro atoms. The van der Waals surface area contributed by atoms with Gasteiger partial charge >= 0.3 is 11.9 Å². The molecule has 0 aliphatic rings. The SMILES string of the molecule is CCOC(=O)c1ccc2c(c1)sc(=NC(=O)c1cc3cccc(OC)c3o1)n2C. The number of carbonyl (C=O) groups is 2. The zero-order valence-corrected chi connectivity index (χ0v) is 16.9. The Morgan fingerprint density at radius 1 is 1.21 bits per heavy atom. The molecule has 4 rings (SSSR count). The number of carbonyl (C=O) groups excluding carboxylic acids is 2. The fraction of sp³-hybridized carbons (Fsp3) is 0.190. The molecule has 4 aromatic rings. The number of hydrogen-bond donors (Lipinski definition) is 0. The fourth-order valence-electron chi connectivity index (χ4n) is 3.03. The summed E-state index contributed by atoms with van der Waals surface area (Å²) in [5.74, 6) is -0.179. The Morgan fingerprint density at radius 3 is 2.79 bits per heavy atom. The first-order valence-electron chi connectivity index (χ1n) is 8.94. The van der Waals surface area contributed by atoms with Crippen LogP contribution in [0.5, 0.6) is 5.75 Å². The number of aromatic nitrogens is 1. The molecule has 2 aromatic heterocycles. The number of benzene rings is 2. The van der Waals surface area contributed by atoms with Crippen molar-refractivity contribution in [2.24, 2.45) is 12.0 Å². The zero-order valence-electron chi connectivity index (χ0n) is 16.1. The topological polar surface area (TPSA) is 83.0 Å². The standard InChI is InChI=1S/C21H18N2O5S/c1-4-27-20(25)13-8-9-14-17(11-13)29-21(23(14)2)22-19(24)16-10-12-6-5-7-15(26-3)18(12)28-16/h5-11H,4H2,1-3H3. The van der Waals surface area contributed by atoms with Crippen LogP contribution in [0.15, 0.2) is 51.9 Å². The van der Waals surface area contributed by atoms with E-state index < -0.39 is 5.91 Å². The Labute approximate surface area is 169 Å². The fourth-order valence-corrected chi connectivity index (χ4v) is 4.08. The van der Waals surface area contributed by atoms with E-state index in [1.165, 1.54) is 11.3 Å². The summed E-state index contributed by atoms with van der Waals surface area (Å²) in [5.41, 5.74) is 1.83. The summed E-state index contributed by atoms with van der Waals surface area (Å²) in [6, 6.07) is 12.3. The molecule has 2 heterocycles. The van der Waals surface area contributed by atoms with Crippen LogP contribution in [-0.4, -0.2) is 30.2 Å². The van der Waals surface area contributed by atoms with Crippen LogP contribution in [0, 0.1) is 0 Å². The van der Waals surface area contributed by atoms with E-state index in [4.69, 9.17) is 13.9 Å². The minimum Gasteiger partial charge on any atom is -0.493 e. The second-order valence-corrected chi connectivity index (χ2v) is 7.26. The molecule has 29 heavy (non-hydrogen) atoms. The molecule has 0 radical (unpaired) electrons. The number of furan rings is 1. The maximum Gasteiger partial charge on any atom is 0.338 e. The number of ether oxygens (including phenoxy) is 2. The van der Waals surface area contributed by atoms with Crippen molar-refractivity contribution >= 4 is 44.4 Å². The van der Waals surface area contributed by atoms with Crippen molar-refractivity contribution in [2.45, 2.75) is 6.92 Å².